The molecule has 0 fully saturated rings. The number of rotatable bonds is 2. The van der Waals surface area contributed by atoms with Gasteiger partial charge in [0, 0.05) is 20.5 Å². The third-order valence-corrected chi connectivity index (χ3v) is 3.91. The van der Waals surface area contributed by atoms with E-state index in [0.717, 1.165) is 15.3 Å². The molecule has 0 amide bonds. The summed E-state index contributed by atoms with van der Waals surface area (Å²) in [6.07, 6.45) is 0. The maximum absolute atomic E-state index is 12.2. The van der Waals surface area contributed by atoms with E-state index in [1.54, 1.807) is 0 Å². The molecule has 81 valence electrons. The van der Waals surface area contributed by atoms with E-state index < -0.39 is 10.8 Å². The van der Waals surface area contributed by atoms with E-state index in [9.17, 15) is 4.55 Å². The van der Waals surface area contributed by atoms with E-state index in [0.29, 0.717) is 0 Å². The van der Waals surface area contributed by atoms with Crippen molar-refractivity contribution in [3.63, 3.8) is 0 Å². The van der Waals surface area contributed by atoms with Gasteiger partial charge in [0.1, 0.15) is 0 Å². The molecular weight excluding hydrogens is 216 g/mol. The molecule has 0 aliphatic heterocycles. The minimum Gasteiger partial charge on any atom is -0.154 e. The van der Waals surface area contributed by atoms with Crippen LogP contribution in [0.5, 0.6) is 0 Å². The fourth-order valence-corrected chi connectivity index (χ4v) is 2.61. The van der Waals surface area contributed by atoms with Crippen molar-refractivity contribution in [1.82, 2.24) is 0 Å². The molecule has 2 heteroatoms. The lowest BCUT2D eigenvalue weighted by atomic mass is 10.2. The first kappa shape index (κ1) is 11.1. The predicted molar refractivity (Wildman–Crippen MR) is 69.2 cm³/mol. The molecule has 1 atom stereocenters. The first-order valence-electron chi connectivity index (χ1n) is 5.15. The van der Waals surface area contributed by atoms with E-state index in [2.05, 4.69) is 0 Å². The Morgan fingerprint density at radius 3 is 1.94 bits per heavy atom. The van der Waals surface area contributed by atoms with Crippen LogP contribution in [0.1, 0.15) is 12.5 Å². The van der Waals surface area contributed by atoms with Gasteiger partial charge in [-0.25, -0.2) is 0 Å². The Morgan fingerprint density at radius 2 is 1.38 bits per heavy atom. The highest BCUT2D eigenvalue weighted by molar-refractivity contribution is 8.11. The van der Waals surface area contributed by atoms with Gasteiger partial charge < -0.3 is 0 Å². The molecule has 16 heavy (non-hydrogen) atoms. The standard InChI is InChI=1S/C14H13OS/c1-12(13-8-4-2-5-9-13)16(15)14-10-6-3-7-11-14/h2-11H,1H3. The van der Waals surface area contributed by atoms with Crippen molar-refractivity contribution >= 4 is 15.6 Å². The van der Waals surface area contributed by atoms with Crippen LogP contribution < -0.4 is 0 Å². The predicted octanol–water partition coefficient (Wildman–Crippen LogP) is 3.90. The number of benzene rings is 2. The average molecular weight is 229 g/mol. The van der Waals surface area contributed by atoms with Gasteiger partial charge >= 0.3 is 0 Å². The van der Waals surface area contributed by atoms with Gasteiger partial charge in [-0.2, -0.15) is 4.55 Å². The van der Waals surface area contributed by atoms with Crippen LogP contribution >= 0.6 is 10.8 Å². The molecule has 0 saturated carbocycles. The molecule has 0 spiro atoms. The van der Waals surface area contributed by atoms with Crippen molar-refractivity contribution in [2.75, 3.05) is 0 Å². The summed E-state index contributed by atoms with van der Waals surface area (Å²) in [4.78, 5) is 1.75. The van der Waals surface area contributed by atoms with Crippen molar-refractivity contribution in [2.45, 2.75) is 11.8 Å². The maximum Gasteiger partial charge on any atom is 0.0306 e. The summed E-state index contributed by atoms with van der Waals surface area (Å²) < 4.78 is 12.2. The van der Waals surface area contributed by atoms with E-state index >= 15 is 0 Å². The van der Waals surface area contributed by atoms with Crippen LogP contribution in [0.3, 0.4) is 0 Å². The molecule has 0 N–H and O–H groups in total. The van der Waals surface area contributed by atoms with Crippen LogP contribution in [-0.2, 0) is 4.55 Å². The molecule has 0 aliphatic rings. The van der Waals surface area contributed by atoms with Gasteiger partial charge in [-0.15, -0.1) is 0 Å². The molecule has 1 nitrogen and oxygen atoms in total. The van der Waals surface area contributed by atoms with Crippen molar-refractivity contribution in [2.24, 2.45) is 0 Å². The minimum absolute atomic E-state index is 0.851. The molecule has 0 aromatic heterocycles. The molecule has 0 aliphatic carbocycles. The number of hydrogen-bond acceptors (Lipinski definition) is 0. The van der Waals surface area contributed by atoms with Gasteiger partial charge in [-0.3, -0.25) is 0 Å². The number of hydrogen-bond donors (Lipinski definition) is 0. The van der Waals surface area contributed by atoms with Crippen LogP contribution in [0, 0.1) is 0 Å². The van der Waals surface area contributed by atoms with Crippen molar-refractivity contribution < 1.29 is 4.55 Å². The lowest BCUT2D eigenvalue weighted by Crippen LogP contribution is -1.94. The second-order valence-corrected chi connectivity index (χ2v) is 5.13. The molecule has 0 bridgehead atoms. The summed E-state index contributed by atoms with van der Waals surface area (Å²) in [5.74, 6) is 0. The molecule has 0 saturated heterocycles. The van der Waals surface area contributed by atoms with E-state index in [1.165, 1.54) is 0 Å². The second-order valence-electron chi connectivity index (χ2n) is 3.50. The molecule has 2 rings (SSSR count). The van der Waals surface area contributed by atoms with Crippen molar-refractivity contribution in [3.05, 3.63) is 66.2 Å². The Balaban J connectivity index is 2.43. The summed E-state index contributed by atoms with van der Waals surface area (Å²) in [5, 5.41) is 0. The monoisotopic (exact) mass is 229 g/mol. The Labute approximate surface area is 98.5 Å². The van der Waals surface area contributed by atoms with Gasteiger partial charge in [-0.05, 0) is 24.6 Å². The third-order valence-electron chi connectivity index (χ3n) is 2.42. The van der Waals surface area contributed by atoms with E-state index in [1.807, 2.05) is 67.6 Å². The molecule has 2 aromatic carbocycles. The summed E-state index contributed by atoms with van der Waals surface area (Å²) in [6, 6.07) is 19.4. The topological polar surface area (TPSA) is 19.9 Å². The minimum atomic E-state index is -1.06. The van der Waals surface area contributed by atoms with Gasteiger partial charge in [0.2, 0.25) is 0 Å². The smallest absolute Gasteiger partial charge is 0.0306 e. The van der Waals surface area contributed by atoms with Gasteiger partial charge in [0.05, 0.1) is 0 Å². The quantitative estimate of drug-likeness (QED) is 0.550. The fraction of sp³-hybridized carbons (Fsp3) is 0.0714. The Hall–Kier alpha value is -1.38. The van der Waals surface area contributed by atoms with E-state index in [-0.39, 0.29) is 0 Å². The van der Waals surface area contributed by atoms with E-state index in [4.69, 9.17) is 0 Å². The van der Waals surface area contributed by atoms with Crippen LogP contribution in [0.15, 0.2) is 65.6 Å². The SMILES string of the molecule is CC(c1ccccc1)=S([O])c1ccccc1. The highest BCUT2D eigenvalue weighted by Crippen LogP contribution is 2.26. The Morgan fingerprint density at radius 1 is 0.875 bits per heavy atom. The van der Waals surface area contributed by atoms with Crippen LogP contribution in [0.2, 0.25) is 0 Å². The summed E-state index contributed by atoms with van der Waals surface area (Å²) >= 11 is 0. The largest absolute Gasteiger partial charge is 0.154 e. The Bertz CT molecular complexity index is 441. The lowest BCUT2D eigenvalue weighted by Gasteiger charge is -2.05. The van der Waals surface area contributed by atoms with Gasteiger partial charge in [0.15, 0.2) is 0 Å². The van der Waals surface area contributed by atoms with Crippen molar-refractivity contribution in [1.29, 1.82) is 0 Å². The summed E-state index contributed by atoms with van der Waals surface area (Å²) in [5.41, 5.74) is 1.03. The average Bonchev–Trinajstić information content (AvgIpc) is 2.39. The summed E-state index contributed by atoms with van der Waals surface area (Å²) in [6.45, 7) is 1.92. The zero-order valence-electron chi connectivity index (χ0n) is 9.09. The van der Waals surface area contributed by atoms with Crippen LogP contribution in [0.4, 0.5) is 0 Å². The highest BCUT2D eigenvalue weighted by atomic mass is 32.2. The molecular formula is C14H13OS. The fourth-order valence-electron chi connectivity index (χ4n) is 1.50. The first-order chi connectivity index (χ1) is 7.79. The third kappa shape index (κ3) is 2.40. The van der Waals surface area contributed by atoms with Crippen molar-refractivity contribution in [3.8, 4) is 0 Å². The lowest BCUT2D eigenvalue weighted by molar-refractivity contribution is 0.528. The second kappa shape index (κ2) is 5.10. The molecule has 1 radical (unpaired) electrons. The van der Waals surface area contributed by atoms with Crippen LogP contribution in [-0.4, -0.2) is 4.86 Å². The first-order valence-corrected chi connectivity index (χ1v) is 6.30. The molecule has 1 unspecified atom stereocenters. The van der Waals surface area contributed by atoms with Gasteiger partial charge in [-0.1, -0.05) is 48.5 Å². The summed E-state index contributed by atoms with van der Waals surface area (Å²) in [7, 11) is -1.06. The van der Waals surface area contributed by atoms with Crippen LogP contribution in [0.25, 0.3) is 0 Å². The highest BCUT2D eigenvalue weighted by Gasteiger charge is 2.04. The zero-order valence-corrected chi connectivity index (χ0v) is 9.91. The molecule has 0 heterocycles. The Kier molecular flexibility index (Phi) is 3.54. The van der Waals surface area contributed by atoms with Gasteiger partial charge in [0.25, 0.3) is 0 Å². The molecule has 2 aromatic rings. The maximum atomic E-state index is 12.2. The zero-order chi connectivity index (χ0) is 11.4. The normalized spacial score (nSPS) is 13.2.